The fourth-order valence-corrected chi connectivity index (χ4v) is 1.67. The third-order valence-electron chi connectivity index (χ3n) is 2.53. The Kier molecular flexibility index (Phi) is 2.87. The van der Waals surface area contributed by atoms with Crippen molar-refractivity contribution >= 4 is 0 Å². The molecule has 4 heteroatoms. The van der Waals surface area contributed by atoms with Crippen LogP contribution in [-0.2, 0) is 26.4 Å². The van der Waals surface area contributed by atoms with Gasteiger partial charge in [-0.05, 0) is 18.6 Å². The highest BCUT2D eigenvalue weighted by molar-refractivity contribution is 5.14. The van der Waals surface area contributed by atoms with E-state index in [1.807, 2.05) is 23.7 Å². The van der Waals surface area contributed by atoms with Gasteiger partial charge in [-0.3, -0.25) is 0 Å². The molecule has 80 valence electrons. The third kappa shape index (κ3) is 2.10. The van der Waals surface area contributed by atoms with Crippen molar-refractivity contribution in [2.75, 3.05) is 0 Å². The summed E-state index contributed by atoms with van der Waals surface area (Å²) < 4.78 is 7.24. The fraction of sp³-hybridized carbons (Fsp3) is 0.364. The summed E-state index contributed by atoms with van der Waals surface area (Å²) in [7, 11) is 1.96. The van der Waals surface area contributed by atoms with Gasteiger partial charge in [-0.1, -0.05) is 0 Å². The molecule has 2 N–H and O–H groups in total. The molecule has 0 radical (unpaired) electrons. The number of hydrogen-bond acceptors (Lipinski definition) is 3. The van der Waals surface area contributed by atoms with Crippen LogP contribution in [0, 0.1) is 0 Å². The van der Waals surface area contributed by atoms with E-state index >= 15 is 0 Å². The summed E-state index contributed by atoms with van der Waals surface area (Å²) in [4.78, 5) is 4.33. The third-order valence-corrected chi connectivity index (χ3v) is 2.53. The largest absolute Gasteiger partial charge is 0.469 e. The lowest BCUT2D eigenvalue weighted by Gasteiger charge is -2.01. The summed E-state index contributed by atoms with van der Waals surface area (Å²) in [6.45, 7) is 0.532. The topological polar surface area (TPSA) is 57.0 Å². The molecule has 0 atom stereocenters. The van der Waals surface area contributed by atoms with Crippen LogP contribution in [0.2, 0.25) is 0 Å². The lowest BCUT2D eigenvalue weighted by atomic mass is 10.1. The number of nitrogens with two attached hydrogens (primary N) is 1. The zero-order valence-electron chi connectivity index (χ0n) is 8.81. The standard InChI is InChI=1S/C11H15N3O/c1-14-8-13-10(11(14)7-12)5-4-9-3-2-6-15-9/h2-3,6,8H,4-5,7,12H2,1H3. The number of nitrogens with zero attached hydrogens (tertiary/aromatic N) is 2. The lowest BCUT2D eigenvalue weighted by molar-refractivity contribution is 0.507. The van der Waals surface area contributed by atoms with E-state index in [0.29, 0.717) is 6.54 Å². The van der Waals surface area contributed by atoms with Gasteiger partial charge in [0.25, 0.3) is 0 Å². The molecule has 0 fully saturated rings. The highest BCUT2D eigenvalue weighted by Crippen LogP contribution is 2.10. The number of rotatable bonds is 4. The molecule has 0 aliphatic rings. The van der Waals surface area contributed by atoms with Crippen LogP contribution in [-0.4, -0.2) is 9.55 Å². The molecule has 0 amide bonds. The zero-order chi connectivity index (χ0) is 10.7. The number of aryl methyl sites for hydroxylation is 3. The fourth-order valence-electron chi connectivity index (χ4n) is 1.67. The van der Waals surface area contributed by atoms with Crippen LogP contribution in [0.15, 0.2) is 29.1 Å². The van der Waals surface area contributed by atoms with Gasteiger partial charge in [0.1, 0.15) is 5.76 Å². The van der Waals surface area contributed by atoms with Gasteiger partial charge in [0.2, 0.25) is 0 Å². The maximum absolute atomic E-state index is 5.66. The minimum Gasteiger partial charge on any atom is -0.469 e. The van der Waals surface area contributed by atoms with Crippen LogP contribution in [0.5, 0.6) is 0 Å². The molecule has 2 aromatic heterocycles. The molecule has 0 aromatic carbocycles. The highest BCUT2D eigenvalue weighted by atomic mass is 16.3. The molecule has 0 unspecified atom stereocenters. The van der Waals surface area contributed by atoms with E-state index in [4.69, 9.17) is 10.2 Å². The van der Waals surface area contributed by atoms with Gasteiger partial charge in [-0.2, -0.15) is 0 Å². The van der Waals surface area contributed by atoms with Crippen molar-refractivity contribution in [3.8, 4) is 0 Å². The van der Waals surface area contributed by atoms with Gasteiger partial charge in [-0.15, -0.1) is 0 Å². The predicted octanol–water partition coefficient (Wildman–Crippen LogP) is 1.26. The summed E-state index contributed by atoms with van der Waals surface area (Å²) in [6.07, 6.45) is 5.25. The van der Waals surface area contributed by atoms with Crippen molar-refractivity contribution < 1.29 is 4.42 Å². The molecule has 2 heterocycles. The minimum atomic E-state index is 0.532. The van der Waals surface area contributed by atoms with Gasteiger partial charge >= 0.3 is 0 Å². The molecule has 0 spiro atoms. The summed E-state index contributed by atoms with van der Waals surface area (Å²) in [6, 6.07) is 3.88. The van der Waals surface area contributed by atoms with Crippen LogP contribution < -0.4 is 5.73 Å². The van der Waals surface area contributed by atoms with E-state index in [2.05, 4.69) is 4.98 Å². The summed E-state index contributed by atoms with van der Waals surface area (Å²) in [5.41, 5.74) is 7.83. The zero-order valence-corrected chi connectivity index (χ0v) is 8.81. The molecular formula is C11H15N3O. The molecule has 0 saturated carbocycles. The first kappa shape index (κ1) is 9.98. The van der Waals surface area contributed by atoms with E-state index in [0.717, 1.165) is 30.0 Å². The van der Waals surface area contributed by atoms with E-state index in [1.54, 1.807) is 12.6 Å². The second-order valence-electron chi connectivity index (χ2n) is 3.53. The Labute approximate surface area is 88.7 Å². The van der Waals surface area contributed by atoms with Gasteiger partial charge in [0.05, 0.1) is 24.0 Å². The Bertz CT molecular complexity index is 417. The Morgan fingerprint density at radius 1 is 1.47 bits per heavy atom. The molecule has 0 bridgehead atoms. The molecule has 4 nitrogen and oxygen atoms in total. The van der Waals surface area contributed by atoms with Crippen molar-refractivity contribution in [3.63, 3.8) is 0 Å². The molecule has 0 aliphatic heterocycles. The summed E-state index contributed by atoms with van der Waals surface area (Å²) in [5, 5.41) is 0. The maximum Gasteiger partial charge on any atom is 0.104 e. The molecule has 2 rings (SSSR count). The number of furan rings is 1. The summed E-state index contributed by atoms with van der Waals surface area (Å²) >= 11 is 0. The predicted molar refractivity (Wildman–Crippen MR) is 57.2 cm³/mol. The first-order valence-corrected chi connectivity index (χ1v) is 5.02. The van der Waals surface area contributed by atoms with E-state index < -0.39 is 0 Å². The minimum absolute atomic E-state index is 0.532. The Balaban J connectivity index is 2.05. The lowest BCUT2D eigenvalue weighted by Crippen LogP contribution is -2.06. The van der Waals surface area contributed by atoms with Gasteiger partial charge < -0.3 is 14.7 Å². The summed E-state index contributed by atoms with van der Waals surface area (Å²) in [5.74, 6) is 0.989. The van der Waals surface area contributed by atoms with Crippen molar-refractivity contribution in [2.24, 2.45) is 12.8 Å². The van der Waals surface area contributed by atoms with Gasteiger partial charge in [-0.25, -0.2) is 4.98 Å². The molecule has 15 heavy (non-hydrogen) atoms. The molecule has 0 saturated heterocycles. The smallest absolute Gasteiger partial charge is 0.104 e. The molecular weight excluding hydrogens is 190 g/mol. The van der Waals surface area contributed by atoms with Gasteiger partial charge in [0.15, 0.2) is 0 Å². The average Bonchev–Trinajstić information content (AvgIpc) is 2.84. The van der Waals surface area contributed by atoms with E-state index in [1.165, 1.54) is 0 Å². The second kappa shape index (κ2) is 4.31. The Morgan fingerprint density at radius 3 is 3.00 bits per heavy atom. The van der Waals surface area contributed by atoms with Crippen LogP contribution in [0.4, 0.5) is 0 Å². The second-order valence-corrected chi connectivity index (χ2v) is 3.53. The van der Waals surface area contributed by atoms with Crippen molar-refractivity contribution in [2.45, 2.75) is 19.4 Å². The number of hydrogen-bond donors (Lipinski definition) is 1. The molecule has 0 aliphatic carbocycles. The van der Waals surface area contributed by atoms with Crippen LogP contribution >= 0.6 is 0 Å². The normalized spacial score (nSPS) is 10.8. The van der Waals surface area contributed by atoms with Crippen LogP contribution in [0.25, 0.3) is 0 Å². The quantitative estimate of drug-likeness (QED) is 0.817. The van der Waals surface area contributed by atoms with Gasteiger partial charge in [0, 0.05) is 20.0 Å². The SMILES string of the molecule is Cn1cnc(CCc2ccco2)c1CN. The molecule has 2 aromatic rings. The van der Waals surface area contributed by atoms with Crippen LogP contribution in [0.3, 0.4) is 0 Å². The van der Waals surface area contributed by atoms with Crippen molar-refractivity contribution in [1.29, 1.82) is 0 Å². The highest BCUT2D eigenvalue weighted by Gasteiger charge is 2.07. The van der Waals surface area contributed by atoms with E-state index in [9.17, 15) is 0 Å². The first-order valence-electron chi connectivity index (χ1n) is 5.02. The van der Waals surface area contributed by atoms with Crippen LogP contribution in [0.1, 0.15) is 17.1 Å². The first-order chi connectivity index (χ1) is 7.31. The number of imidazole rings is 1. The Morgan fingerprint density at radius 2 is 2.33 bits per heavy atom. The Hall–Kier alpha value is -1.55. The number of aromatic nitrogens is 2. The monoisotopic (exact) mass is 205 g/mol. The van der Waals surface area contributed by atoms with E-state index in [-0.39, 0.29) is 0 Å². The average molecular weight is 205 g/mol. The van der Waals surface area contributed by atoms with Crippen molar-refractivity contribution in [1.82, 2.24) is 9.55 Å². The maximum atomic E-state index is 5.66. The van der Waals surface area contributed by atoms with Crippen molar-refractivity contribution in [3.05, 3.63) is 41.9 Å².